The van der Waals surface area contributed by atoms with Gasteiger partial charge in [-0.2, -0.15) is 13.2 Å². The summed E-state index contributed by atoms with van der Waals surface area (Å²) < 4.78 is 56.9. The van der Waals surface area contributed by atoms with Crippen molar-refractivity contribution >= 4 is 84.0 Å². The summed E-state index contributed by atoms with van der Waals surface area (Å²) >= 11 is 3.31. The number of nitro groups is 1. The number of benzene rings is 6. The Morgan fingerprint density at radius 1 is 0.570 bits per heavy atom. The van der Waals surface area contributed by atoms with Crippen LogP contribution in [0.15, 0.2) is 200 Å². The van der Waals surface area contributed by atoms with Gasteiger partial charge in [-0.25, -0.2) is 4.98 Å². The maximum absolute atomic E-state index is 13.0. The number of aliphatic imine (C=N–C) groups is 1. The lowest BCUT2D eigenvalue weighted by Crippen LogP contribution is -2.38. The maximum Gasteiger partial charge on any atom is 0.417 e. The maximum atomic E-state index is 13.0. The molecule has 114 heavy (non-hydrogen) atoms. The second kappa shape index (κ2) is 37.3. The second-order valence-electron chi connectivity index (χ2n) is 37.1. The number of hydrogen-bond acceptors (Lipinski definition) is 13. The first-order chi connectivity index (χ1) is 52.3. The van der Waals surface area contributed by atoms with Crippen LogP contribution in [0.25, 0.3) is 26.9 Å². The van der Waals surface area contributed by atoms with Crippen LogP contribution in [0.5, 0.6) is 17.2 Å². The number of carbonyl (C=O) groups is 3. The minimum absolute atomic E-state index is 0. The van der Waals surface area contributed by atoms with Crippen LogP contribution in [0.2, 0.25) is 0 Å². The van der Waals surface area contributed by atoms with Crippen LogP contribution in [0.3, 0.4) is 0 Å². The molecule has 13 rings (SSSR count). The van der Waals surface area contributed by atoms with E-state index >= 15 is 0 Å². The number of rotatable bonds is 11. The first kappa shape index (κ1) is 91.5. The molecule has 5 aliphatic heterocycles. The van der Waals surface area contributed by atoms with Gasteiger partial charge in [0, 0.05) is 45.8 Å². The first-order valence-electron chi connectivity index (χ1n) is 38.3. The fourth-order valence-corrected chi connectivity index (χ4v) is 15.9. The number of ketones is 2. The van der Waals surface area contributed by atoms with E-state index in [1.807, 2.05) is 54.6 Å². The highest BCUT2D eigenvalue weighted by atomic mass is 32.2. The zero-order chi connectivity index (χ0) is 83.7. The number of thioether (sulfide) groups is 1. The van der Waals surface area contributed by atoms with Gasteiger partial charge in [-0.05, 0) is 190 Å². The molecule has 7 aromatic rings. The number of carbonyl (C=O) groups excluding carboxylic acids is 2. The Balaban J connectivity index is 0.000000190. The standard InChI is InChI=1S/C18H21NO.C17H20N2OS2.C17H20O3.C16H17F3O.C16H20O.C11H15NO2.CH4/c1-18(2,3)11-12-8-9-16-14(10-12)17(20)13-6-4-5-7-15(13)19-16;1-10(20)13-9-21-15(19-13)16-18-12-6-5-11(7-14(12)22-16)8-17(2,3)4;1-11-7-13(9-16(18)19)14-6-5-12(8-15(14)20-11)10-17(2,3)4;1-10-7-13(16(17,18)19)12-6-5-11(8-14(12)20-10)9-15(2,3)4;1-11-8-12(2)17-15-9-13(6-7-14(11)15)10-16(3,4)5;1-11(2,3)8-9-4-6-10(7-5-9)12(13)14;/h4-10,13,15,19H,11H2,1-3H3;5-7,13H,8-9H2,1-4H3;5-8H,1,9-10H2,2-4H3,(H,18,19);5-8H,1,9H2,2-4H3;6-9H,2,10H2,1,3-5H3;4-7H,8H2,1-3H3;1H4/t;13-;;;;;/m.1...../s1. The molecule has 2 N–H and O–H groups in total. The van der Waals surface area contributed by atoms with Crippen molar-refractivity contribution in [2.24, 2.45) is 43.4 Å². The number of halogens is 3. The molecule has 608 valence electrons. The second-order valence-corrected chi connectivity index (χ2v) is 39.1. The average molecular weight is 1590 g/mol. The number of ether oxygens (including phenoxy) is 3. The molecule has 6 aromatic carbocycles. The monoisotopic (exact) mass is 1590 g/mol. The summed E-state index contributed by atoms with van der Waals surface area (Å²) in [6, 6.07) is 36.7. The molecule has 3 atom stereocenters. The van der Waals surface area contributed by atoms with Crippen LogP contribution in [-0.2, 0) is 48.1 Å². The third-order valence-electron chi connectivity index (χ3n) is 18.0. The number of thiazole rings is 1. The molecule has 18 heteroatoms. The zero-order valence-electron chi connectivity index (χ0n) is 69.5. The normalized spacial score (nSPS) is 16.7. The molecular formula is C96H117F3N4O9S2. The molecule has 6 aliphatic rings. The number of aliphatic carboxylic acids is 1. The SMILES string of the molecule is C.C=C1C=C(C(F)(F)F)c2ccc(CC(C)(C)C)cc2O1.C=C1C=C(C)c2ccc(CC(C)(C)C)cc2O1.C=C1C=C(CC(=O)O)c2ccc(CC(C)(C)C)cc2O1.CC(=O)[C@H]1CSC(c2nc3ccc(CC(C)(C)C)cc3s2)=N1.CC(C)(C)Cc1ccc([N+](=O)[O-])cc1.CC(C)(C)Cc1ccc2c(c1)C(=O)C1C=CC=CC1N2. The van der Waals surface area contributed by atoms with Gasteiger partial charge in [-0.3, -0.25) is 29.5 Å². The number of non-ortho nitro benzene ring substituents is 1. The summed E-state index contributed by atoms with van der Waals surface area (Å²) in [4.78, 5) is 54.2. The summed E-state index contributed by atoms with van der Waals surface area (Å²) in [5.41, 5.74) is 14.8. The molecular weight excluding hydrogens is 1470 g/mol. The van der Waals surface area contributed by atoms with Crippen molar-refractivity contribution in [2.45, 2.75) is 209 Å². The number of aromatic nitrogens is 1. The quantitative estimate of drug-likeness (QED) is 0.0926. The Kier molecular flexibility index (Phi) is 30.0. The van der Waals surface area contributed by atoms with Crippen molar-refractivity contribution in [1.29, 1.82) is 0 Å². The number of allylic oxidation sites excluding steroid dienone is 7. The smallest absolute Gasteiger partial charge is 0.417 e. The van der Waals surface area contributed by atoms with Crippen molar-refractivity contribution in [3.8, 4) is 17.2 Å². The molecule has 0 saturated carbocycles. The summed E-state index contributed by atoms with van der Waals surface area (Å²) in [7, 11) is 0. The molecule has 1 aliphatic carbocycles. The van der Waals surface area contributed by atoms with E-state index in [0.717, 1.165) is 111 Å². The van der Waals surface area contributed by atoms with Gasteiger partial charge in [-0.15, -0.1) is 23.1 Å². The van der Waals surface area contributed by atoms with Crippen molar-refractivity contribution in [3.05, 3.63) is 266 Å². The summed E-state index contributed by atoms with van der Waals surface area (Å²) in [6.07, 6.45) is 13.9. The highest BCUT2D eigenvalue weighted by Crippen LogP contribution is 2.45. The first-order valence-corrected chi connectivity index (χ1v) is 40.1. The molecule has 6 heterocycles. The van der Waals surface area contributed by atoms with Crippen LogP contribution >= 0.6 is 23.1 Å². The fraction of sp³-hybridized carbons (Fsp3) is 0.406. The predicted octanol–water partition coefficient (Wildman–Crippen LogP) is 25.9. The number of Topliss-reactive ketones (excluding diaryl/α,β-unsaturated/α-hetero) is 2. The summed E-state index contributed by atoms with van der Waals surface area (Å²) in [5, 5.41) is 24.7. The number of carboxylic acid groups (broad SMARTS) is 1. The van der Waals surface area contributed by atoms with Gasteiger partial charge >= 0.3 is 12.1 Å². The van der Waals surface area contributed by atoms with Crippen LogP contribution in [0.1, 0.15) is 218 Å². The van der Waals surface area contributed by atoms with Gasteiger partial charge in [0.2, 0.25) is 0 Å². The third-order valence-corrected chi connectivity index (χ3v) is 20.2. The van der Waals surface area contributed by atoms with E-state index in [0.29, 0.717) is 16.9 Å². The number of fused-ring (bicyclic) bond motifs is 6. The Morgan fingerprint density at radius 2 is 1.00 bits per heavy atom. The molecule has 0 fully saturated rings. The van der Waals surface area contributed by atoms with Gasteiger partial charge in [0.1, 0.15) is 50.6 Å². The van der Waals surface area contributed by atoms with E-state index < -0.39 is 17.7 Å². The lowest BCUT2D eigenvalue weighted by Gasteiger charge is -2.32. The predicted molar refractivity (Wildman–Crippen MR) is 468 cm³/mol. The number of carboxylic acids is 1. The average Bonchev–Trinajstić information content (AvgIpc) is 1.61. The van der Waals surface area contributed by atoms with Crippen molar-refractivity contribution in [1.82, 2.24) is 4.98 Å². The Hall–Kier alpha value is -9.65. The van der Waals surface area contributed by atoms with Crippen LogP contribution in [0, 0.1) is 48.5 Å². The lowest BCUT2D eigenvalue weighted by molar-refractivity contribution is -0.384. The highest BCUT2D eigenvalue weighted by Gasteiger charge is 2.39. The molecule has 0 bridgehead atoms. The number of nitrogens with one attached hydrogen (secondary N) is 1. The van der Waals surface area contributed by atoms with Gasteiger partial charge in [0.25, 0.3) is 5.69 Å². The number of hydrogen-bond donors (Lipinski definition) is 2. The zero-order valence-corrected chi connectivity index (χ0v) is 71.2. The largest absolute Gasteiger partial charge is 0.481 e. The van der Waals surface area contributed by atoms with E-state index in [2.05, 4.69) is 227 Å². The number of nitro benzene ring substituents is 1. The Bertz CT molecular complexity index is 4930. The van der Waals surface area contributed by atoms with E-state index in [4.69, 9.17) is 19.3 Å². The van der Waals surface area contributed by atoms with Crippen molar-refractivity contribution in [3.63, 3.8) is 0 Å². The number of alkyl halides is 3. The Labute approximate surface area is 683 Å². The summed E-state index contributed by atoms with van der Waals surface area (Å²) in [5.74, 6) is 3.31. The van der Waals surface area contributed by atoms with E-state index in [9.17, 15) is 37.7 Å². The molecule has 0 amide bonds. The molecule has 0 radical (unpaired) electrons. The molecule has 0 spiro atoms. The van der Waals surface area contributed by atoms with Crippen LogP contribution in [0.4, 0.5) is 24.5 Å². The van der Waals surface area contributed by atoms with Gasteiger partial charge < -0.3 is 24.6 Å². The molecule has 13 nitrogen and oxygen atoms in total. The lowest BCUT2D eigenvalue weighted by atomic mass is 9.81. The van der Waals surface area contributed by atoms with Gasteiger partial charge in [0.15, 0.2) is 11.6 Å². The van der Waals surface area contributed by atoms with E-state index in [1.54, 1.807) is 60.4 Å². The van der Waals surface area contributed by atoms with Crippen molar-refractivity contribution in [2.75, 3.05) is 11.1 Å². The van der Waals surface area contributed by atoms with E-state index in [-0.39, 0.29) is 98.2 Å². The van der Waals surface area contributed by atoms with Gasteiger partial charge in [-0.1, -0.05) is 237 Å². The Morgan fingerprint density at radius 3 is 1.49 bits per heavy atom. The molecule has 0 saturated heterocycles. The highest BCUT2D eigenvalue weighted by molar-refractivity contribution is 8.15. The fourth-order valence-electron chi connectivity index (χ4n) is 13.6. The van der Waals surface area contributed by atoms with Gasteiger partial charge in [0.05, 0.1) is 39.1 Å². The molecule has 2 unspecified atom stereocenters. The summed E-state index contributed by atoms with van der Waals surface area (Å²) in [6.45, 7) is 54.2. The number of nitrogens with zero attached hydrogens (tertiary/aromatic N) is 3. The number of anilines is 1. The van der Waals surface area contributed by atoms with Crippen molar-refractivity contribution < 1.29 is 51.8 Å². The minimum Gasteiger partial charge on any atom is -0.481 e. The van der Waals surface area contributed by atoms with Crippen LogP contribution < -0.4 is 19.5 Å². The topological polar surface area (TPSA) is 180 Å². The minimum atomic E-state index is -4.41. The molecule has 1 aromatic heterocycles. The van der Waals surface area contributed by atoms with Crippen LogP contribution in [-0.4, -0.2) is 61.6 Å². The van der Waals surface area contributed by atoms with E-state index in [1.165, 1.54) is 44.2 Å². The third kappa shape index (κ3) is 28.1.